The molecule has 4 N–H and O–H groups in total. The van der Waals surface area contributed by atoms with Gasteiger partial charge in [-0.3, -0.25) is 9.59 Å². The van der Waals surface area contributed by atoms with Crippen LogP contribution in [-0.4, -0.2) is 23.6 Å². The van der Waals surface area contributed by atoms with Crippen molar-refractivity contribution < 1.29 is 19.4 Å². The number of benzene rings is 1. The first-order valence-corrected chi connectivity index (χ1v) is 6.10. The Kier molecular flexibility index (Phi) is 4.01. The summed E-state index contributed by atoms with van der Waals surface area (Å²) in [5.74, 6) is -0.386. The van der Waals surface area contributed by atoms with Crippen LogP contribution in [0, 0.1) is 0 Å². The van der Waals surface area contributed by atoms with E-state index in [1.54, 1.807) is 12.1 Å². The van der Waals surface area contributed by atoms with E-state index in [-0.39, 0.29) is 25.0 Å². The molecule has 0 radical (unpaired) electrons. The average Bonchev–Trinajstić information content (AvgIpc) is 2.37. The monoisotopic (exact) mass is 264 g/mol. The average molecular weight is 264 g/mol. The van der Waals surface area contributed by atoms with Gasteiger partial charge in [0, 0.05) is 12.5 Å². The number of anilines is 1. The summed E-state index contributed by atoms with van der Waals surface area (Å²) in [4.78, 5) is 21.7. The second kappa shape index (κ2) is 5.71. The molecule has 0 aromatic heterocycles. The number of hydrogen-bond acceptors (Lipinski definition) is 4. The minimum absolute atomic E-state index is 0.0248. The Balaban J connectivity index is 2.02. The predicted octanol–water partition coefficient (Wildman–Crippen LogP) is 1.27. The van der Waals surface area contributed by atoms with Crippen molar-refractivity contribution in [3.05, 3.63) is 23.8 Å². The number of hydrogen-bond donors (Lipinski definition) is 3. The summed E-state index contributed by atoms with van der Waals surface area (Å²) >= 11 is 0. The van der Waals surface area contributed by atoms with Gasteiger partial charge in [0.2, 0.25) is 0 Å². The lowest BCUT2D eigenvalue weighted by Crippen LogP contribution is -2.25. The van der Waals surface area contributed by atoms with Crippen LogP contribution in [0.3, 0.4) is 0 Å². The van der Waals surface area contributed by atoms with E-state index >= 15 is 0 Å². The number of carbonyl (C=O) groups excluding carboxylic acids is 1. The molecule has 1 aromatic rings. The quantitative estimate of drug-likeness (QED) is 0.743. The van der Waals surface area contributed by atoms with E-state index in [9.17, 15) is 9.59 Å². The molecule has 0 saturated carbocycles. The van der Waals surface area contributed by atoms with E-state index < -0.39 is 5.97 Å². The highest BCUT2D eigenvalue weighted by Crippen LogP contribution is 2.31. The van der Waals surface area contributed by atoms with Crippen molar-refractivity contribution in [3.8, 4) is 5.75 Å². The number of carbonyl (C=O) groups is 2. The number of carboxylic acid groups (broad SMARTS) is 1. The van der Waals surface area contributed by atoms with Crippen molar-refractivity contribution in [2.75, 3.05) is 11.9 Å². The van der Waals surface area contributed by atoms with Gasteiger partial charge in [-0.2, -0.15) is 0 Å². The minimum atomic E-state index is -0.821. The van der Waals surface area contributed by atoms with Crippen LogP contribution >= 0.6 is 0 Å². The number of nitrogens with two attached hydrogens (primary N) is 1. The molecule has 1 heterocycles. The van der Waals surface area contributed by atoms with E-state index in [1.165, 1.54) is 0 Å². The van der Waals surface area contributed by atoms with E-state index in [4.69, 9.17) is 15.6 Å². The van der Waals surface area contributed by atoms with Crippen molar-refractivity contribution in [1.82, 2.24) is 0 Å². The highest BCUT2D eigenvalue weighted by atomic mass is 16.5. The van der Waals surface area contributed by atoms with Gasteiger partial charge in [-0.1, -0.05) is 6.07 Å². The zero-order chi connectivity index (χ0) is 13.8. The van der Waals surface area contributed by atoms with Crippen LogP contribution in [-0.2, 0) is 9.59 Å². The normalized spacial score (nSPS) is 15.1. The van der Waals surface area contributed by atoms with Gasteiger partial charge < -0.3 is 20.9 Å². The smallest absolute Gasteiger partial charge is 0.303 e. The molecular formula is C13H16N2O4. The second-order valence-corrected chi connectivity index (χ2v) is 4.48. The fourth-order valence-electron chi connectivity index (χ4n) is 1.97. The Morgan fingerprint density at radius 3 is 3.05 bits per heavy atom. The summed E-state index contributed by atoms with van der Waals surface area (Å²) < 4.78 is 5.25. The van der Waals surface area contributed by atoms with Crippen molar-refractivity contribution in [3.63, 3.8) is 0 Å². The van der Waals surface area contributed by atoms with Crippen molar-refractivity contribution in [2.45, 2.75) is 25.3 Å². The van der Waals surface area contributed by atoms with E-state index in [1.807, 2.05) is 6.07 Å². The van der Waals surface area contributed by atoms with Gasteiger partial charge in [-0.05, 0) is 30.5 Å². The van der Waals surface area contributed by atoms with Crippen LogP contribution in [0.5, 0.6) is 5.75 Å². The molecule has 102 valence electrons. The summed E-state index contributed by atoms with van der Waals surface area (Å²) in [5.41, 5.74) is 7.47. The molecule has 2 rings (SSSR count). The summed E-state index contributed by atoms with van der Waals surface area (Å²) in [7, 11) is 0. The Morgan fingerprint density at radius 2 is 2.32 bits per heavy atom. The molecule has 19 heavy (non-hydrogen) atoms. The summed E-state index contributed by atoms with van der Waals surface area (Å²) in [6.45, 7) is 0.0248. The molecule has 1 aliphatic rings. The highest BCUT2D eigenvalue weighted by molar-refractivity contribution is 5.95. The molecule has 1 atom stereocenters. The maximum atomic E-state index is 11.2. The Labute approximate surface area is 110 Å². The van der Waals surface area contributed by atoms with Crippen molar-refractivity contribution in [1.29, 1.82) is 0 Å². The Bertz CT molecular complexity index is 501. The minimum Gasteiger partial charge on any atom is -0.482 e. The summed E-state index contributed by atoms with van der Waals surface area (Å²) in [6.07, 6.45) is 1.22. The standard InChI is InChI=1S/C13H16N2O4/c14-9(2-1-3-13(17)18)8-4-5-11-10(6-8)15-12(16)7-19-11/h4-6,9H,1-3,7,14H2,(H,15,16)(H,17,18). The SMILES string of the molecule is NC(CCCC(=O)O)c1ccc2c(c1)NC(=O)CO2. The topological polar surface area (TPSA) is 102 Å². The molecule has 0 saturated heterocycles. The fraction of sp³-hybridized carbons (Fsp3) is 0.385. The van der Waals surface area contributed by atoms with Gasteiger partial charge in [-0.25, -0.2) is 0 Å². The van der Waals surface area contributed by atoms with E-state index in [0.717, 1.165) is 5.56 Å². The first kappa shape index (κ1) is 13.4. The third-order valence-electron chi connectivity index (χ3n) is 2.97. The van der Waals surface area contributed by atoms with E-state index in [2.05, 4.69) is 5.32 Å². The number of fused-ring (bicyclic) bond motifs is 1. The van der Waals surface area contributed by atoms with Crippen LogP contribution < -0.4 is 15.8 Å². The predicted molar refractivity (Wildman–Crippen MR) is 69.0 cm³/mol. The highest BCUT2D eigenvalue weighted by Gasteiger charge is 2.17. The molecule has 6 nitrogen and oxygen atoms in total. The zero-order valence-electron chi connectivity index (χ0n) is 10.4. The molecule has 0 aliphatic carbocycles. The summed E-state index contributed by atoms with van der Waals surface area (Å²) in [6, 6.07) is 5.13. The molecule has 0 fully saturated rings. The van der Waals surface area contributed by atoms with Crippen molar-refractivity contribution in [2.24, 2.45) is 5.73 Å². The molecule has 1 aromatic carbocycles. The van der Waals surface area contributed by atoms with Gasteiger partial charge in [0.1, 0.15) is 5.75 Å². The second-order valence-electron chi connectivity index (χ2n) is 4.48. The van der Waals surface area contributed by atoms with Crippen LogP contribution in [0.15, 0.2) is 18.2 Å². The number of ether oxygens (including phenoxy) is 1. The molecule has 0 spiro atoms. The molecule has 0 bridgehead atoms. The molecule has 1 unspecified atom stereocenters. The van der Waals surface area contributed by atoms with Crippen LogP contribution in [0.25, 0.3) is 0 Å². The van der Waals surface area contributed by atoms with Crippen LogP contribution in [0.4, 0.5) is 5.69 Å². The summed E-state index contributed by atoms with van der Waals surface area (Å²) in [5, 5.41) is 11.3. The Hall–Kier alpha value is -2.08. The Morgan fingerprint density at radius 1 is 1.53 bits per heavy atom. The number of carboxylic acids is 1. The molecule has 1 amide bonds. The number of amides is 1. The van der Waals surface area contributed by atoms with Gasteiger partial charge in [0.25, 0.3) is 5.91 Å². The van der Waals surface area contributed by atoms with Gasteiger partial charge >= 0.3 is 5.97 Å². The number of rotatable bonds is 5. The molecular weight excluding hydrogens is 248 g/mol. The lowest BCUT2D eigenvalue weighted by Gasteiger charge is -2.20. The third kappa shape index (κ3) is 3.45. The first-order valence-electron chi connectivity index (χ1n) is 6.10. The number of nitrogens with one attached hydrogen (secondary N) is 1. The van der Waals surface area contributed by atoms with Gasteiger partial charge in [0.15, 0.2) is 6.61 Å². The first-order chi connectivity index (χ1) is 9.06. The lowest BCUT2D eigenvalue weighted by molar-refractivity contribution is -0.137. The molecule has 1 aliphatic heterocycles. The lowest BCUT2D eigenvalue weighted by atomic mass is 10.0. The third-order valence-corrected chi connectivity index (χ3v) is 2.97. The maximum absolute atomic E-state index is 11.2. The zero-order valence-corrected chi connectivity index (χ0v) is 10.4. The van der Waals surface area contributed by atoms with Crippen LogP contribution in [0.2, 0.25) is 0 Å². The largest absolute Gasteiger partial charge is 0.482 e. The van der Waals surface area contributed by atoms with E-state index in [0.29, 0.717) is 24.3 Å². The molecule has 6 heteroatoms. The van der Waals surface area contributed by atoms with Gasteiger partial charge in [0.05, 0.1) is 5.69 Å². The maximum Gasteiger partial charge on any atom is 0.303 e. The number of aliphatic carboxylic acids is 1. The van der Waals surface area contributed by atoms with Crippen LogP contribution in [0.1, 0.15) is 30.9 Å². The fourth-order valence-corrected chi connectivity index (χ4v) is 1.97. The van der Waals surface area contributed by atoms with Gasteiger partial charge in [-0.15, -0.1) is 0 Å². The van der Waals surface area contributed by atoms with Crippen molar-refractivity contribution >= 4 is 17.6 Å².